The van der Waals surface area contributed by atoms with Crippen LogP contribution in [0.5, 0.6) is 0 Å². The normalized spacial score (nSPS) is 20.5. The number of amides is 1. The van der Waals surface area contributed by atoms with Gasteiger partial charge in [0, 0.05) is 17.0 Å². The second-order valence-electron chi connectivity index (χ2n) is 6.18. The fourth-order valence-corrected chi connectivity index (χ4v) is 3.73. The van der Waals surface area contributed by atoms with E-state index in [0.717, 1.165) is 30.9 Å². The zero-order valence-corrected chi connectivity index (χ0v) is 14.1. The van der Waals surface area contributed by atoms with Crippen LogP contribution in [0, 0.1) is 0 Å². The highest BCUT2D eigenvalue weighted by molar-refractivity contribution is 6.31. The number of benzene rings is 2. The number of alkyl halides is 3. The Labute approximate surface area is 149 Å². The number of hydrogen-bond donors (Lipinski definition) is 1. The number of halogens is 4. The molecule has 0 heterocycles. The first-order chi connectivity index (χ1) is 11.9. The molecule has 1 N–H and O–H groups in total. The van der Waals surface area contributed by atoms with Gasteiger partial charge in [-0.15, -0.1) is 0 Å². The molecule has 0 aliphatic heterocycles. The average molecular weight is 368 g/mol. The van der Waals surface area contributed by atoms with E-state index in [-0.39, 0.29) is 17.5 Å². The van der Waals surface area contributed by atoms with Crippen LogP contribution in [0.3, 0.4) is 0 Å². The second kappa shape index (κ2) is 7.08. The third-order valence-corrected chi connectivity index (χ3v) is 4.96. The zero-order valence-electron chi connectivity index (χ0n) is 13.3. The van der Waals surface area contributed by atoms with Crippen molar-refractivity contribution >= 4 is 17.5 Å². The topological polar surface area (TPSA) is 29.1 Å². The Kier molecular flexibility index (Phi) is 5.04. The minimum atomic E-state index is -4.56. The van der Waals surface area contributed by atoms with E-state index >= 15 is 0 Å². The molecule has 2 aromatic carbocycles. The Morgan fingerprint density at radius 2 is 1.72 bits per heavy atom. The Morgan fingerprint density at radius 1 is 1.04 bits per heavy atom. The predicted molar refractivity (Wildman–Crippen MR) is 90.7 cm³/mol. The van der Waals surface area contributed by atoms with Gasteiger partial charge in [-0.2, -0.15) is 13.2 Å². The molecule has 1 saturated carbocycles. The molecule has 0 saturated heterocycles. The number of nitrogens with one attached hydrogen (secondary N) is 1. The number of rotatable bonds is 3. The summed E-state index contributed by atoms with van der Waals surface area (Å²) < 4.78 is 39.4. The van der Waals surface area contributed by atoms with Gasteiger partial charge in [0.2, 0.25) is 0 Å². The van der Waals surface area contributed by atoms with Gasteiger partial charge >= 0.3 is 6.18 Å². The van der Waals surface area contributed by atoms with Gasteiger partial charge < -0.3 is 5.32 Å². The maximum absolute atomic E-state index is 13.1. The molecule has 0 unspecified atom stereocenters. The zero-order chi connectivity index (χ0) is 18.0. The van der Waals surface area contributed by atoms with Gasteiger partial charge in [0.25, 0.3) is 5.91 Å². The monoisotopic (exact) mass is 367 g/mol. The van der Waals surface area contributed by atoms with Crippen molar-refractivity contribution in [3.8, 4) is 0 Å². The molecule has 6 heteroatoms. The molecule has 0 bridgehead atoms. The molecule has 0 radical (unpaired) electrons. The number of carbonyl (C=O) groups is 1. The molecule has 1 aliphatic carbocycles. The summed E-state index contributed by atoms with van der Waals surface area (Å²) in [6.07, 6.45) is -2.11. The smallest absolute Gasteiger partial charge is 0.349 e. The highest BCUT2D eigenvalue weighted by Crippen LogP contribution is 2.38. The van der Waals surface area contributed by atoms with Gasteiger partial charge in [-0.3, -0.25) is 4.79 Å². The Hall–Kier alpha value is -2.01. The van der Waals surface area contributed by atoms with Gasteiger partial charge in [-0.05, 0) is 36.6 Å². The Morgan fingerprint density at radius 3 is 2.44 bits per heavy atom. The molecule has 0 spiro atoms. The molecular weight excluding hydrogens is 351 g/mol. The SMILES string of the molecule is O=C(N[C@H]1CCC[C@@H]1c1ccccc1Cl)c1ccccc1C(F)(F)F. The number of hydrogen-bond acceptors (Lipinski definition) is 1. The lowest BCUT2D eigenvalue weighted by Gasteiger charge is -2.23. The van der Waals surface area contributed by atoms with Crippen LogP contribution in [0.4, 0.5) is 13.2 Å². The van der Waals surface area contributed by atoms with E-state index in [9.17, 15) is 18.0 Å². The van der Waals surface area contributed by atoms with Crippen LogP contribution in [-0.2, 0) is 6.18 Å². The molecule has 1 amide bonds. The lowest BCUT2D eigenvalue weighted by molar-refractivity contribution is -0.137. The van der Waals surface area contributed by atoms with Crippen molar-refractivity contribution in [2.24, 2.45) is 0 Å². The maximum atomic E-state index is 13.1. The van der Waals surface area contributed by atoms with Gasteiger partial charge in [-0.25, -0.2) is 0 Å². The van der Waals surface area contributed by atoms with Crippen molar-refractivity contribution in [3.63, 3.8) is 0 Å². The molecule has 2 nitrogen and oxygen atoms in total. The van der Waals surface area contributed by atoms with E-state index in [2.05, 4.69) is 5.32 Å². The van der Waals surface area contributed by atoms with E-state index in [1.54, 1.807) is 6.07 Å². The van der Waals surface area contributed by atoms with Crippen molar-refractivity contribution in [1.29, 1.82) is 0 Å². The predicted octanol–water partition coefficient (Wildman–Crippen LogP) is 5.42. The second-order valence-corrected chi connectivity index (χ2v) is 6.59. The van der Waals surface area contributed by atoms with Crippen LogP contribution in [0.2, 0.25) is 5.02 Å². The van der Waals surface area contributed by atoms with Crippen LogP contribution in [-0.4, -0.2) is 11.9 Å². The summed E-state index contributed by atoms with van der Waals surface area (Å²) in [6, 6.07) is 12.0. The molecule has 1 fully saturated rings. The van der Waals surface area contributed by atoms with Crippen LogP contribution in [0.15, 0.2) is 48.5 Å². The van der Waals surface area contributed by atoms with Crippen LogP contribution in [0.1, 0.15) is 46.7 Å². The van der Waals surface area contributed by atoms with E-state index in [1.165, 1.54) is 18.2 Å². The number of carbonyl (C=O) groups excluding carboxylic acids is 1. The first-order valence-electron chi connectivity index (χ1n) is 8.09. The molecule has 2 aromatic rings. The molecule has 25 heavy (non-hydrogen) atoms. The summed E-state index contributed by atoms with van der Waals surface area (Å²) in [5.41, 5.74) is -0.337. The Balaban J connectivity index is 1.83. The van der Waals surface area contributed by atoms with Gasteiger partial charge in [0.15, 0.2) is 0 Å². The summed E-state index contributed by atoms with van der Waals surface area (Å²) in [4.78, 5) is 12.5. The Bertz CT molecular complexity index is 775. The van der Waals surface area contributed by atoms with E-state index in [4.69, 9.17) is 11.6 Å². The largest absolute Gasteiger partial charge is 0.417 e. The van der Waals surface area contributed by atoms with E-state index < -0.39 is 17.6 Å². The molecular formula is C19H17ClF3NO. The van der Waals surface area contributed by atoms with Crippen LogP contribution < -0.4 is 5.32 Å². The first kappa shape index (κ1) is 17.8. The maximum Gasteiger partial charge on any atom is 0.417 e. The van der Waals surface area contributed by atoms with Gasteiger partial charge in [0.1, 0.15) is 0 Å². The van der Waals surface area contributed by atoms with Crippen molar-refractivity contribution in [2.45, 2.75) is 37.4 Å². The lowest BCUT2D eigenvalue weighted by Crippen LogP contribution is -2.37. The molecule has 3 rings (SSSR count). The van der Waals surface area contributed by atoms with Crippen molar-refractivity contribution in [3.05, 3.63) is 70.2 Å². The minimum absolute atomic E-state index is 0.00991. The first-order valence-corrected chi connectivity index (χ1v) is 8.47. The molecule has 2 atom stereocenters. The van der Waals surface area contributed by atoms with Gasteiger partial charge in [0.05, 0.1) is 11.1 Å². The minimum Gasteiger partial charge on any atom is -0.349 e. The van der Waals surface area contributed by atoms with Crippen LogP contribution in [0.25, 0.3) is 0 Å². The summed E-state index contributed by atoms with van der Waals surface area (Å²) in [7, 11) is 0. The van der Waals surface area contributed by atoms with E-state index in [0.29, 0.717) is 5.02 Å². The van der Waals surface area contributed by atoms with E-state index in [1.807, 2.05) is 18.2 Å². The molecule has 132 valence electrons. The van der Waals surface area contributed by atoms with Gasteiger partial charge in [-0.1, -0.05) is 48.4 Å². The fraction of sp³-hybridized carbons (Fsp3) is 0.316. The molecule has 1 aliphatic rings. The summed E-state index contributed by atoms with van der Waals surface area (Å²) >= 11 is 6.25. The summed E-state index contributed by atoms with van der Waals surface area (Å²) in [6.45, 7) is 0. The highest BCUT2D eigenvalue weighted by atomic mass is 35.5. The summed E-state index contributed by atoms with van der Waals surface area (Å²) in [5.74, 6) is -0.687. The van der Waals surface area contributed by atoms with Crippen molar-refractivity contribution in [1.82, 2.24) is 5.32 Å². The van der Waals surface area contributed by atoms with Crippen LogP contribution >= 0.6 is 11.6 Å². The third-order valence-electron chi connectivity index (χ3n) is 4.61. The third kappa shape index (κ3) is 3.82. The van der Waals surface area contributed by atoms with Crippen molar-refractivity contribution in [2.75, 3.05) is 0 Å². The fourth-order valence-electron chi connectivity index (χ4n) is 3.46. The molecule has 0 aromatic heterocycles. The highest BCUT2D eigenvalue weighted by Gasteiger charge is 2.36. The quantitative estimate of drug-likeness (QED) is 0.770. The summed E-state index contributed by atoms with van der Waals surface area (Å²) in [5, 5.41) is 3.40. The lowest BCUT2D eigenvalue weighted by atomic mass is 9.93. The average Bonchev–Trinajstić information content (AvgIpc) is 3.02. The van der Waals surface area contributed by atoms with Crippen molar-refractivity contribution < 1.29 is 18.0 Å². The standard InChI is InChI=1S/C19H17ClF3NO/c20-16-10-4-2-6-12(16)13-8-5-11-17(13)24-18(25)14-7-1-3-9-15(14)19(21,22)23/h1-4,6-7,9-10,13,17H,5,8,11H2,(H,24,25)/t13-,17+/m1/s1.